The van der Waals surface area contributed by atoms with Gasteiger partial charge in [-0.05, 0) is 47.7 Å². The fraction of sp³-hybridized carbons (Fsp3) is 0.250. The number of rotatable bonds is 4. The molecule has 0 saturated carbocycles. The number of benzene rings is 2. The van der Waals surface area contributed by atoms with E-state index in [1.54, 1.807) is 6.07 Å². The molecule has 0 fully saturated rings. The summed E-state index contributed by atoms with van der Waals surface area (Å²) < 4.78 is 0. The first-order valence-corrected chi connectivity index (χ1v) is 7.14. The van der Waals surface area contributed by atoms with Crippen molar-refractivity contribution in [1.29, 1.82) is 0 Å². The van der Waals surface area contributed by atoms with E-state index in [9.17, 15) is 0 Å². The average molecular weight is 294 g/mol. The molecule has 3 heteroatoms. The maximum absolute atomic E-state index is 6.24. The minimum atomic E-state index is -0.0677. The Morgan fingerprint density at radius 2 is 1.74 bits per heavy atom. The largest absolute Gasteiger partial charge is 0.324 e. The highest BCUT2D eigenvalue weighted by atomic mass is 35.5. The van der Waals surface area contributed by atoms with Crippen LogP contribution in [0.2, 0.25) is 10.0 Å². The number of nitrogens with two attached hydrogens (primary N) is 1. The van der Waals surface area contributed by atoms with Crippen molar-refractivity contribution in [2.24, 2.45) is 5.73 Å². The molecule has 0 aliphatic rings. The van der Waals surface area contributed by atoms with Gasteiger partial charge in [0.05, 0.1) is 0 Å². The van der Waals surface area contributed by atoms with Crippen LogP contribution >= 0.6 is 23.2 Å². The van der Waals surface area contributed by atoms with Crippen LogP contribution in [0.25, 0.3) is 0 Å². The molecule has 0 aliphatic carbocycles. The minimum absolute atomic E-state index is 0.0677. The summed E-state index contributed by atoms with van der Waals surface area (Å²) >= 11 is 12.1. The minimum Gasteiger partial charge on any atom is -0.324 e. The third kappa shape index (κ3) is 3.73. The third-order valence-corrected chi connectivity index (χ3v) is 3.87. The molecule has 1 atom stereocenters. The fourth-order valence-electron chi connectivity index (χ4n) is 2.06. The zero-order valence-corrected chi connectivity index (χ0v) is 12.4. The average Bonchev–Trinajstić information content (AvgIpc) is 2.43. The molecule has 2 rings (SSSR count). The molecule has 0 radical (unpaired) electrons. The van der Waals surface area contributed by atoms with E-state index >= 15 is 0 Å². The lowest BCUT2D eigenvalue weighted by molar-refractivity contribution is 0.721. The van der Waals surface area contributed by atoms with Crippen LogP contribution in [0.1, 0.15) is 29.7 Å². The Morgan fingerprint density at radius 3 is 2.37 bits per heavy atom. The number of halogens is 2. The molecule has 100 valence electrons. The van der Waals surface area contributed by atoms with E-state index in [4.69, 9.17) is 28.9 Å². The van der Waals surface area contributed by atoms with Gasteiger partial charge in [0.25, 0.3) is 0 Å². The van der Waals surface area contributed by atoms with Crippen LogP contribution in [0.15, 0.2) is 42.5 Å². The summed E-state index contributed by atoms with van der Waals surface area (Å²) in [5.74, 6) is 0. The standard InChI is InChI=1S/C16H17Cl2N/c1-2-11-3-5-12(6-4-11)16(19)10-13-9-14(17)7-8-15(13)18/h3-9,16H,2,10,19H2,1H3. The van der Waals surface area contributed by atoms with Gasteiger partial charge in [-0.2, -0.15) is 0 Å². The van der Waals surface area contributed by atoms with Crippen LogP contribution in [0, 0.1) is 0 Å². The highest BCUT2D eigenvalue weighted by Gasteiger charge is 2.10. The fourth-order valence-corrected chi connectivity index (χ4v) is 2.44. The Bertz CT molecular complexity index is 549. The van der Waals surface area contributed by atoms with E-state index < -0.39 is 0 Å². The van der Waals surface area contributed by atoms with Gasteiger partial charge in [0.2, 0.25) is 0 Å². The van der Waals surface area contributed by atoms with Gasteiger partial charge in [0.15, 0.2) is 0 Å². The Kier molecular flexibility index (Phi) is 4.87. The molecule has 2 aromatic carbocycles. The summed E-state index contributed by atoms with van der Waals surface area (Å²) in [7, 11) is 0. The van der Waals surface area contributed by atoms with Crippen LogP contribution in [-0.2, 0) is 12.8 Å². The first kappa shape index (κ1) is 14.4. The van der Waals surface area contributed by atoms with Gasteiger partial charge < -0.3 is 5.73 Å². The van der Waals surface area contributed by atoms with E-state index in [1.807, 2.05) is 12.1 Å². The molecule has 1 unspecified atom stereocenters. The van der Waals surface area contributed by atoms with Gasteiger partial charge in [-0.3, -0.25) is 0 Å². The Labute approximate surface area is 124 Å². The van der Waals surface area contributed by atoms with Crippen molar-refractivity contribution in [2.45, 2.75) is 25.8 Å². The Morgan fingerprint density at radius 1 is 1.05 bits per heavy atom. The first-order valence-electron chi connectivity index (χ1n) is 6.38. The summed E-state index contributed by atoms with van der Waals surface area (Å²) in [5, 5.41) is 1.40. The number of hydrogen-bond donors (Lipinski definition) is 1. The van der Waals surface area contributed by atoms with Crippen LogP contribution in [-0.4, -0.2) is 0 Å². The van der Waals surface area contributed by atoms with Crippen molar-refractivity contribution in [1.82, 2.24) is 0 Å². The molecular formula is C16H17Cl2N. The lowest BCUT2D eigenvalue weighted by Gasteiger charge is -2.14. The Balaban J connectivity index is 2.15. The van der Waals surface area contributed by atoms with Gasteiger partial charge in [-0.25, -0.2) is 0 Å². The molecule has 0 aromatic heterocycles. The lowest BCUT2D eigenvalue weighted by atomic mass is 9.98. The maximum Gasteiger partial charge on any atom is 0.0439 e. The topological polar surface area (TPSA) is 26.0 Å². The molecule has 0 spiro atoms. The van der Waals surface area contributed by atoms with Gasteiger partial charge in [0, 0.05) is 16.1 Å². The van der Waals surface area contributed by atoms with Gasteiger partial charge in [-0.1, -0.05) is 54.4 Å². The molecule has 0 saturated heterocycles. The molecular weight excluding hydrogens is 277 g/mol. The third-order valence-electron chi connectivity index (χ3n) is 3.26. The second-order valence-corrected chi connectivity index (χ2v) is 5.49. The second-order valence-electron chi connectivity index (χ2n) is 4.64. The van der Waals surface area contributed by atoms with Crippen molar-refractivity contribution < 1.29 is 0 Å². The van der Waals surface area contributed by atoms with Crippen molar-refractivity contribution in [3.05, 3.63) is 69.2 Å². The zero-order valence-electron chi connectivity index (χ0n) is 10.9. The highest BCUT2D eigenvalue weighted by molar-refractivity contribution is 6.33. The van der Waals surface area contributed by atoms with Crippen LogP contribution in [0.5, 0.6) is 0 Å². The Hall–Kier alpha value is -1.02. The van der Waals surface area contributed by atoms with Crippen molar-refractivity contribution in [3.8, 4) is 0 Å². The van der Waals surface area contributed by atoms with E-state index in [-0.39, 0.29) is 6.04 Å². The summed E-state index contributed by atoms with van der Waals surface area (Å²) in [4.78, 5) is 0. The molecule has 19 heavy (non-hydrogen) atoms. The quantitative estimate of drug-likeness (QED) is 0.861. The predicted octanol–water partition coefficient (Wildman–Crippen LogP) is 4.80. The summed E-state index contributed by atoms with van der Waals surface area (Å²) in [6.45, 7) is 2.14. The molecule has 1 nitrogen and oxygen atoms in total. The first-order chi connectivity index (χ1) is 9.10. The van der Waals surface area contributed by atoms with Gasteiger partial charge >= 0.3 is 0 Å². The zero-order chi connectivity index (χ0) is 13.8. The summed E-state index contributed by atoms with van der Waals surface area (Å²) in [6.07, 6.45) is 1.72. The lowest BCUT2D eigenvalue weighted by Crippen LogP contribution is -2.13. The molecule has 0 amide bonds. The van der Waals surface area contributed by atoms with Crippen molar-refractivity contribution in [2.75, 3.05) is 0 Å². The van der Waals surface area contributed by atoms with Gasteiger partial charge in [0.1, 0.15) is 0 Å². The molecule has 2 N–H and O–H groups in total. The molecule has 0 aliphatic heterocycles. The van der Waals surface area contributed by atoms with Crippen molar-refractivity contribution in [3.63, 3.8) is 0 Å². The number of hydrogen-bond acceptors (Lipinski definition) is 1. The predicted molar refractivity (Wildman–Crippen MR) is 82.9 cm³/mol. The van der Waals surface area contributed by atoms with Gasteiger partial charge in [-0.15, -0.1) is 0 Å². The van der Waals surface area contributed by atoms with Crippen LogP contribution in [0.3, 0.4) is 0 Å². The molecule has 0 heterocycles. The summed E-state index contributed by atoms with van der Waals surface area (Å²) in [6, 6.07) is 13.8. The summed E-state index contributed by atoms with van der Waals surface area (Å²) in [5.41, 5.74) is 9.66. The number of aryl methyl sites for hydroxylation is 1. The molecule has 2 aromatic rings. The monoisotopic (exact) mass is 293 g/mol. The normalized spacial score (nSPS) is 12.4. The van der Waals surface area contributed by atoms with Crippen LogP contribution < -0.4 is 5.73 Å². The highest BCUT2D eigenvalue weighted by Crippen LogP contribution is 2.25. The SMILES string of the molecule is CCc1ccc(C(N)Cc2cc(Cl)ccc2Cl)cc1. The van der Waals surface area contributed by atoms with E-state index in [1.165, 1.54) is 5.56 Å². The molecule has 0 bridgehead atoms. The van der Waals surface area contributed by atoms with E-state index in [0.29, 0.717) is 16.5 Å². The second kappa shape index (κ2) is 6.42. The van der Waals surface area contributed by atoms with Crippen molar-refractivity contribution >= 4 is 23.2 Å². The maximum atomic E-state index is 6.24. The smallest absolute Gasteiger partial charge is 0.0439 e. The van der Waals surface area contributed by atoms with E-state index in [0.717, 1.165) is 17.5 Å². The van der Waals surface area contributed by atoms with Crippen LogP contribution in [0.4, 0.5) is 0 Å². The van der Waals surface area contributed by atoms with E-state index in [2.05, 4.69) is 31.2 Å².